The molecular weight excluding hydrogens is 342 g/mol. The smallest absolute Gasteiger partial charge is 0.289 e. The van der Waals surface area contributed by atoms with Gasteiger partial charge in [0.15, 0.2) is 0 Å². The van der Waals surface area contributed by atoms with Gasteiger partial charge in [0.1, 0.15) is 10.9 Å². The third-order valence-corrected chi connectivity index (χ3v) is 5.38. The van der Waals surface area contributed by atoms with Crippen LogP contribution < -0.4 is 0 Å². The average molecular weight is 368 g/mol. The van der Waals surface area contributed by atoms with E-state index >= 15 is 0 Å². The fraction of sp³-hybridized carbons (Fsp3) is 0.381. The summed E-state index contributed by atoms with van der Waals surface area (Å²) in [7, 11) is 3.63. The van der Waals surface area contributed by atoms with Gasteiger partial charge in [-0.25, -0.2) is 0 Å². The zero-order valence-electron chi connectivity index (χ0n) is 16.3. The molecule has 0 unspecified atom stereocenters. The van der Waals surface area contributed by atoms with E-state index in [0.29, 0.717) is 22.4 Å². The minimum atomic E-state index is -0.310. The molecule has 5 heteroatoms. The molecule has 0 bridgehead atoms. The van der Waals surface area contributed by atoms with E-state index in [2.05, 4.69) is 44.0 Å². The van der Waals surface area contributed by atoms with Crippen LogP contribution in [0.15, 0.2) is 29.3 Å². The molecule has 0 N–H and O–H groups in total. The number of nitrogens with zero attached hydrogens (tertiary/aromatic N) is 3. The molecule has 0 saturated carbocycles. The van der Waals surface area contributed by atoms with Crippen molar-refractivity contribution >= 4 is 23.6 Å². The molecule has 1 amide bonds. The molecule has 0 atom stereocenters. The molecule has 1 heterocycles. The van der Waals surface area contributed by atoms with Gasteiger partial charge in [-0.3, -0.25) is 4.79 Å². The summed E-state index contributed by atoms with van der Waals surface area (Å²) in [5, 5.41) is 9.69. The lowest BCUT2D eigenvalue weighted by molar-refractivity contribution is 0.101. The molecule has 1 aromatic heterocycles. The van der Waals surface area contributed by atoms with E-state index in [1.165, 1.54) is 23.2 Å². The van der Waals surface area contributed by atoms with Crippen molar-refractivity contribution < 1.29 is 4.79 Å². The predicted molar refractivity (Wildman–Crippen MR) is 109 cm³/mol. The van der Waals surface area contributed by atoms with Gasteiger partial charge in [0.25, 0.3) is 5.91 Å². The number of aliphatic imine (C=N–C) groups is 1. The zero-order chi connectivity index (χ0) is 19.5. The van der Waals surface area contributed by atoms with Crippen molar-refractivity contribution in [3.63, 3.8) is 0 Å². The van der Waals surface area contributed by atoms with Gasteiger partial charge in [0.05, 0.1) is 11.9 Å². The van der Waals surface area contributed by atoms with Crippen LogP contribution in [0.5, 0.6) is 0 Å². The summed E-state index contributed by atoms with van der Waals surface area (Å²) in [5.74, 6) is -0.310. The highest BCUT2D eigenvalue weighted by atomic mass is 32.1. The fourth-order valence-electron chi connectivity index (χ4n) is 2.63. The summed E-state index contributed by atoms with van der Waals surface area (Å²) in [4.78, 5) is 19.8. The van der Waals surface area contributed by atoms with Gasteiger partial charge in [-0.15, -0.1) is 11.3 Å². The maximum absolute atomic E-state index is 12.6. The van der Waals surface area contributed by atoms with E-state index in [9.17, 15) is 10.1 Å². The number of benzene rings is 1. The van der Waals surface area contributed by atoms with E-state index in [0.717, 1.165) is 10.4 Å². The molecule has 0 aliphatic rings. The Morgan fingerprint density at radius 1 is 1.27 bits per heavy atom. The second kappa shape index (κ2) is 7.84. The SMILES string of the molecule is CCc1sc(C(=O)N=CN(C)C)c(-c2ccc(C(C)(C)C)cc2)c1C#N. The first-order chi connectivity index (χ1) is 12.2. The highest BCUT2D eigenvalue weighted by Gasteiger charge is 2.23. The lowest BCUT2D eigenvalue weighted by Gasteiger charge is -2.19. The van der Waals surface area contributed by atoms with Gasteiger partial charge in [-0.1, -0.05) is 52.0 Å². The second-order valence-corrected chi connectivity index (χ2v) is 8.52. The third-order valence-electron chi connectivity index (χ3n) is 4.05. The topological polar surface area (TPSA) is 56.5 Å². The van der Waals surface area contributed by atoms with Gasteiger partial charge < -0.3 is 4.90 Å². The molecule has 0 spiro atoms. The molecule has 0 saturated heterocycles. The summed E-state index contributed by atoms with van der Waals surface area (Å²) >= 11 is 1.37. The van der Waals surface area contributed by atoms with Crippen LogP contribution in [0.4, 0.5) is 0 Å². The number of nitriles is 1. The molecule has 0 aliphatic carbocycles. The standard InChI is InChI=1S/C21H25N3OS/c1-7-17-16(12-22)18(19(26-17)20(25)23-13-24(5)6)14-8-10-15(11-9-14)21(2,3)4/h8-11,13H,7H2,1-6H3. The third kappa shape index (κ3) is 4.20. The quantitative estimate of drug-likeness (QED) is 0.572. The summed E-state index contributed by atoms with van der Waals surface area (Å²) in [6, 6.07) is 10.4. The van der Waals surface area contributed by atoms with Crippen LogP contribution in [0.1, 0.15) is 53.4 Å². The molecule has 0 radical (unpaired) electrons. The van der Waals surface area contributed by atoms with E-state index in [1.807, 2.05) is 33.2 Å². The fourth-order valence-corrected chi connectivity index (χ4v) is 3.74. The Kier molecular flexibility index (Phi) is 5.99. The monoisotopic (exact) mass is 367 g/mol. The number of amides is 1. The molecule has 2 aromatic rings. The Balaban J connectivity index is 2.61. The molecule has 136 valence electrons. The van der Waals surface area contributed by atoms with Crippen molar-refractivity contribution in [1.82, 2.24) is 4.90 Å². The van der Waals surface area contributed by atoms with Crippen LogP contribution in [-0.2, 0) is 11.8 Å². The van der Waals surface area contributed by atoms with Crippen molar-refractivity contribution in [2.75, 3.05) is 14.1 Å². The van der Waals surface area contributed by atoms with Crippen LogP contribution >= 0.6 is 11.3 Å². The first-order valence-corrected chi connectivity index (χ1v) is 9.42. The Morgan fingerprint density at radius 3 is 2.35 bits per heavy atom. The summed E-state index contributed by atoms with van der Waals surface area (Å²) in [6.45, 7) is 8.48. The minimum absolute atomic E-state index is 0.0501. The van der Waals surface area contributed by atoms with Crippen molar-refractivity contribution in [1.29, 1.82) is 5.26 Å². The maximum Gasteiger partial charge on any atom is 0.289 e. The molecule has 0 aliphatic heterocycles. The van der Waals surface area contributed by atoms with Crippen molar-refractivity contribution in [2.45, 2.75) is 39.5 Å². The van der Waals surface area contributed by atoms with Crippen LogP contribution in [0, 0.1) is 11.3 Å². The number of hydrogen-bond donors (Lipinski definition) is 0. The lowest BCUT2D eigenvalue weighted by Crippen LogP contribution is -2.10. The predicted octanol–water partition coefficient (Wildman–Crippen LogP) is 4.88. The summed E-state index contributed by atoms with van der Waals surface area (Å²) in [6.07, 6.45) is 2.21. The number of rotatable bonds is 4. The van der Waals surface area contributed by atoms with E-state index < -0.39 is 0 Å². The zero-order valence-corrected chi connectivity index (χ0v) is 17.1. The molecule has 0 fully saturated rings. The van der Waals surface area contributed by atoms with Gasteiger partial charge in [-0.2, -0.15) is 10.3 Å². The summed E-state index contributed by atoms with van der Waals surface area (Å²) in [5.41, 5.74) is 3.44. The average Bonchev–Trinajstić information content (AvgIpc) is 2.97. The van der Waals surface area contributed by atoms with Crippen LogP contribution in [0.25, 0.3) is 11.1 Å². The lowest BCUT2D eigenvalue weighted by atomic mass is 9.86. The van der Waals surface area contributed by atoms with Gasteiger partial charge in [0, 0.05) is 24.5 Å². The van der Waals surface area contributed by atoms with Crippen molar-refractivity contribution in [2.24, 2.45) is 4.99 Å². The number of carbonyl (C=O) groups is 1. The highest BCUT2D eigenvalue weighted by Crippen LogP contribution is 2.38. The first kappa shape index (κ1) is 19.9. The molecular formula is C21H25N3OS. The molecule has 26 heavy (non-hydrogen) atoms. The Bertz CT molecular complexity index is 862. The first-order valence-electron chi connectivity index (χ1n) is 8.60. The molecule has 2 rings (SSSR count). The van der Waals surface area contributed by atoms with E-state index in [-0.39, 0.29) is 11.3 Å². The Hall–Kier alpha value is -2.45. The Labute approximate surface area is 159 Å². The number of aryl methyl sites for hydroxylation is 1. The molecule has 4 nitrogen and oxygen atoms in total. The van der Waals surface area contributed by atoms with Gasteiger partial charge in [0.2, 0.25) is 0 Å². The van der Waals surface area contributed by atoms with Gasteiger partial charge in [-0.05, 0) is 23.0 Å². The Morgan fingerprint density at radius 2 is 1.88 bits per heavy atom. The maximum atomic E-state index is 12.6. The minimum Gasteiger partial charge on any atom is -0.369 e. The van der Waals surface area contributed by atoms with Crippen LogP contribution in [0.3, 0.4) is 0 Å². The number of hydrogen-bond acceptors (Lipinski definition) is 3. The van der Waals surface area contributed by atoms with Gasteiger partial charge >= 0.3 is 0 Å². The largest absolute Gasteiger partial charge is 0.369 e. The van der Waals surface area contributed by atoms with Crippen LogP contribution in [0.2, 0.25) is 0 Å². The summed E-state index contributed by atoms with van der Waals surface area (Å²) < 4.78 is 0. The van der Waals surface area contributed by atoms with Crippen LogP contribution in [-0.4, -0.2) is 31.2 Å². The van der Waals surface area contributed by atoms with Crippen molar-refractivity contribution in [3.05, 3.63) is 45.1 Å². The number of carbonyl (C=O) groups excluding carboxylic acids is 1. The molecule has 1 aromatic carbocycles. The van der Waals surface area contributed by atoms with E-state index in [1.54, 1.807) is 4.90 Å². The highest BCUT2D eigenvalue weighted by molar-refractivity contribution is 7.15. The second-order valence-electron chi connectivity index (χ2n) is 7.41. The van der Waals surface area contributed by atoms with Crippen molar-refractivity contribution in [3.8, 4) is 17.2 Å². The normalized spacial score (nSPS) is 11.6. The van der Waals surface area contributed by atoms with E-state index in [4.69, 9.17) is 0 Å². The number of thiophene rings is 1.